The van der Waals surface area contributed by atoms with E-state index < -0.39 is 6.29 Å². The number of ether oxygens (including phenoxy) is 2. The fourth-order valence-corrected chi connectivity index (χ4v) is 2.36. The summed E-state index contributed by atoms with van der Waals surface area (Å²) in [7, 11) is 0. The Morgan fingerprint density at radius 1 is 1.25 bits per heavy atom. The van der Waals surface area contributed by atoms with Gasteiger partial charge in [0, 0.05) is 19.6 Å². The maximum Gasteiger partial charge on any atom is 0.586 e. The summed E-state index contributed by atoms with van der Waals surface area (Å²) in [4.78, 5) is 15.4. The van der Waals surface area contributed by atoms with E-state index in [1.54, 1.807) is 12.1 Å². The minimum absolute atomic E-state index is 0.0506. The number of hydrogen-bond acceptors (Lipinski definition) is 5. The van der Waals surface area contributed by atoms with Gasteiger partial charge in [-0.2, -0.15) is 0 Å². The molecule has 7 heteroatoms. The van der Waals surface area contributed by atoms with Crippen molar-refractivity contribution < 1.29 is 27.9 Å². The number of alkyl halides is 2. The van der Waals surface area contributed by atoms with E-state index in [-0.39, 0.29) is 11.5 Å². The molecule has 2 rings (SSSR count). The molecule has 0 spiro atoms. The van der Waals surface area contributed by atoms with E-state index in [4.69, 9.17) is 4.84 Å². The van der Waals surface area contributed by atoms with Crippen LogP contribution >= 0.6 is 0 Å². The van der Waals surface area contributed by atoms with Gasteiger partial charge in [-0.3, -0.25) is 0 Å². The molecule has 0 unspecified atom stereocenters. The molecule has 1 aromatic carbocycles. The molecule has 0 radical (unpaired) electrons. The zero-order valence-electron chi connectivity index (χ0n) is 13.2. The lowest BCUT2D eigenvalue weighted by molar-refractivity contribution is -0.286. The predicted octanol–water partition coefficient (Wildman–Crippen LogP) is 4.22. The predicted molar refractivity (Wildman–Crippen MR) is 84.2 cm³/mol. The minimum atomic E-state index is -3.59. The van der Waals surface area contributed by atoms with Crippen LogP contribution < -0.4 is 9.47 Å². The van der Waals surface area contributed by atoms with Crippen LogP contribution in [0.15, 0.2) is 35.2 Å². The molecule has 0 N–H and O–H groups in total. The molecule has 0 aliphatic carbocycles. The van der Waals surface area contributed by atoms with Crippen molar-refractivity contribution in [2.75, 3.05) is 0 Å². The molecular weight excluding hydrogens is 320 g/mol. The molecule has 0 saturated carbocycles. The van der Waals surface area contributed by atoms with Crippen molar-refractivity contribution in [3.63, 3.8) is 0 Å². The SMILES string of the molecule is C=NO/C(=C\CCC=O)CCCCc1ccc2c(c1)OC(F)(F)O2. The molecule has 1 heterocycles. The third kappa shape index (κ3) is 5.33. The molecule has 24 heavy (non-hydrogen) atoms. The van der Waals surface area contributed by atoms with E-state index in [9.17, 15) is 13.6 Å². The lowest BCUT2D eigenvalue weighted by Crippen LogP contribution is -2.25. The lowest BCUT2D eigenvalue weighted by Gasteiger charge is -2.06. The number of hydrogen-bond donors (Lipinski definition) is 0. The fourth-order valence-electron chi connectivity index (χ4n) is 2.36. The normalized spacial score (nSPS) is 15.2. The second kappa shape index (κ2) is 8.42. The summed E-state index contributed by atoms with van der Waals surface area (Å²) in [6.07, 6.45) is 3.17. The van der Waals surface area contributed by atoms with Gasteiger partial charge in [0.15, 0.2) is 11.5 Å². The van der Waals surface area contributed by atoms with Crippen LogP contribution in [0.1, 0.15) is 37.7 Å². The van der Waals surface area contributed by atoms with Crippen molar-refractivity contribution in [2.24, 2.45) is 5.16 Å². The third-order valence-corrected chi connectivity index (χ3v) is 3.44. The molecular formula is C17H19F2NO4. The first kappa shape index (κ1) is 17.9. The molecule has 0 bridgehead atoms. The molecule has 1 aliphatic heterocycles. The number of carbonyl (C=O) groups excluding carboxylic acids is 1. The molecule has 130 valence electrons. The number of carbonyl (C=O) groups is 1. The summed E-state index contributed by atoms with van der Waals surface area (Å²) < 4.78 is 34.7. The van der Waals surface area contributed by atoms with Crippen molar-refractivity contribution in [1.82, 2.24) is 0 Å². The summed E-state index contributed by atoms with van der Waals surface area (Å²) in [5.41, 5.74) is 0.893. The Morgan fingerprint density at radius 3 is 2.79 bits per heavy atom. The van der Waals surface area contributed by atoms with E-state index in [1.807, 2.05) is 6.08 Å². The Labute approximate surface area is 138 Å². The number of unbranched alkanes of at least 4 members (excludes halogenated alkanes) is 2. The molecule has 0 saturated heterocycles. The van der Waals surface area contributed by atoms with Gasteiger partial charge >= 0.3 is 6.29 Å². The van der Waals surface area contributed by atoms with Crippen LogP contribution in [0.3, 0.4) is 0 Å². The van der Waals surface area contributed by atoms with Gasteiger partial charge in [0.25, 0.3) is 0 Å². The van der Waals surface area contributed by atoms with Gasteiger partial charge < -0.3 is 19.1 Å². The second-order valence-electron chi connectivity index (χ2n) is 5.29. The van der Waals surface area contributed by atoms with Gasteiger partial charge in [-0.1, -0.05) is 11.2 Å². The summed E-state index contributed by atoms with van der Waals surface area (Å²) in [6.45, 7) is 3.28. The minimum Gasteiger partial charge on any atom is -0.395 e. The Balaban J connectivity index is 1.79. The van der Waals surface area contributed by atoms with E-state index >= 15 is 0 Å². The third-order valence-electron chi connectivity index (χ3n) is 3.44. The largest absolute Gasteiger partial charge is 0.586 e. The van der Waals surface area contributed by atoms with Crippen molar-refractivity contribution >= 4 is 13.0 Å². The molecule has 1 aliphatic rings. The number of oxime groups is 1. The fraction of sp³-hybridized carbons (Fsp3) is 0.412. The number of fused-ring (bicyclic) bond motifs is 1. The highest BCUT2D eigenvalue weighted by Crippen LogP contribution is 2.41. The van der Waals surface area contributed by atoms with Gasteiger partial charge in [-0.25, -0.2) is 0 Å². The zero-order valence-corrected chi connectivity index (χ0v) is 13.2. The topological polar surface area (TPSA) is 57.1 Å². The highest BCUT2D eigenvalue weighted by molar-refractivity contribution is 5.49. The monoisotopic (exact) mass is 339 g/mol. The summed E-state index contributed by atoms with van der Waals surface area (Å²) in [6, 6.07) is 4.80. The first-order chi connectivity index (χ1) is 11.5. The van der Waals surface area contributed by atoms with Crippen LogP contribution in [-0.2, 0) is 16.1 Å². The Kier molecular flexibility index (Phi) is 6.28. The Hall–Kier alpha value is -2.44. The number of nitrogens with zero attached hydrogens (tertiary/aromatic N) is 1. The van der Waals surface area contributed by atoms with Crippen LogP contribution in [0.4, 0.5) is 8.78 Å². The van der Waals surface area contributed by atoms with E-state index in [0.717, 1.165) is 24.7 Å². The van der Waals surface area contributed by atoms with E-state index in [0.29, 0.717) is 31.4 Å². The summed E-state index contributed by atoms with van der Waals surface area (Å²) in [5.74, 6) is 0.790. The van der Waals surface area contributed by atoms with Crippen LogP contribution in [0.5, 0.6) is 11.5 Å². The smallest absolute Gasteiger partial charge is 0.395 e. The van der Waals surface area contributed by atoms with Gasteiger partial charge in [-0.15, -0.1) is 8.78 Å². The van der Waals surface area contributed by atoms with Crippen molar-refractivity contribution in [3.05, 3.63) is 35.6 Å². The number of halogens is 2. The quantitative estimate of drug-likeness (QED) is 0.211. The van der Waals surface area contributed by atoms with Crippen LogP contribution in [-0.4, -0.2) is 19.3 Å². The van der Waals surface area contributed by atoms with Crippen LogP contribution in [0.25, 0.3) is 0 Å². The maximum absolute atomic E-state index is 13.0. The number of rotatable bonds is 10. The molecule has 0 atom stereocenters. The number of aldehydes is 1. The highest BCUT2D eigenvalue weighted by atomic mass is 19.3. The first-order valence-electron chi connectivity index (χ1n) is 7.68. The van der Waals surface area contributed by atoms with Gasteiger partial charge in [0.05, 0.1) is 0 Å². The zero-order chi connectivity index (χ0) is 17.4. The van der Waals surface area contributed by atoms with Crippen molar-refractivity contribution in [1.29, 1.82) is 0 Å². The average Bonchev–Trinajstić information content (AvgIpc) is 2.84. The molecule has 5 nitrogen and oxygen atoms in total. The molecule has 0 amide bonds. The van der Waals surface area contributed by atoms with E-state index in [2.05, 4.69) is 21.3 Å². The average molecular weight is 339 g/mol. The Bertz CT molecular complexity index is 617. The maximum atomic E-state index is 13.0. The van der Waals surface area contributed by atoms with Crippen LogP contribution in [0, 0.1) is 0 Å². The van der Waals surface area contributed by atoms with Crippen LogP contribution in [0.2, 0.25) is 0 Å². The number of aryl methyl sites for hydroxylation is 1. The highest BCUT2D eigenvalue weighted by Gasteiger charge is 2.43. The molecule has 0 aromatic heterocycles. The van der Waals surface area contributed by atoms with Crippen molar-refractivity contribution in [2.45, 2.75) is 44.8 Å². The summed E-state index contributed by atoms with van der Waals surface area (Å²) in [5, 5.41) is 3.40. The van der Waals surface area contributed by atoms with Crippen molar-refractivity contribution in [3.8, 4) is 11.5 Å². The second-order valence-corrected chi connectivity index (χ2v) is 5.29. The summed E-state index contributed by atoms with van der Waals surface area (Å²) >= 11 is 0. The molecule has 0 fully saturated rings. The lowest BCUT2D eigenvalue weighted by atomic mass is 10.1. The molecule has 1 aromatic rings. The van der Waals surface area contributed by atoms with E-state index in [1.165, 1.54) is 6.07 Å². The first-order valence-corrected chi connectivity index (χ1v) is 7.68. The standard InChI is InChI=1S/C17H19F2NO4/c1-20-24-14(8-4-5-11-21)7-3-2-6-13-9-10-15-16(12-13)23-17(18,19)22-15/h8-12H,1-7H2/b14-8-. The van der Waals surface area contributed by atoms with Gasteiger partial charge in [0.2, 0.25) is 0 Å². The number of allylic oxidation sites excluding steroid dienone is 2. The Morgan fingerprint density at radius 2 is 2.04 bits per heavy atom. The van der Waals surface area contributed by atoms with Gasteiger partial charge in [-0.05, 0) is 49.5 Å². The van der Waals surface area contributed by atoms with Gasteiger partial charge in [0.1, 0.15) is 12.0 Å². The number of benzene rings is 1.